The second-order valence-corrected chi connectivity index (χ2v) is 3.50. The first kappa shape index (κ1) is 9.44. The Morgan fingerprint density at radius 2 is 2.17 bits per heavy atom. The first-order valence-corrected chi connectivity index (χ1v) is 4.30. The Morgan fingerprint density at radius 1 is 1.58 bits per heavy atom. The van der Waals surface area contributed by atoms with Crippen molar-refractivity contribution in [2.45, 2.75) is 6.92 Å². The zero-order valence-electron chi connectivity index (χ0n) is 6.27. The van der Waals surface area contributed by atoms with Gasteiger partial charge in [-0.15, -0.1) is 0 Å². The first-order chi connectivity index (χ1) is 5.54. The number of halogens is 2. The summed E-state index contributed by atoms with van der Waals surface area (Å²) >= 11 is 1.96. The number of hydrogen-bond donors (Lipinski definition) is 1. The van der Waals surface area contributed by atoms with Gasteiger partial charge in [-0.2, -0.15) is 0 Å². The van der Waals surface area contributed by atoms with Crippen LogP contribution in [0.5, 0.6) is 0 Å². The normalized spacial score (nSPS) is 9.92. The summed E-state index contributed by atoms with van der Waals surface area (Å²) in [5.74, 6) is -1.87. The molecule has 0 spiro atoms. The molecule has 0 atom stereocenters. The molecule has 0 heterocycles. The minimum Gasteiger partial charge on any atom is -0.478 e. The number of benzene rings is 1. The zero-order valence-corrected chi connectivity index (χ0v) is 8.42. The van der Waals surface area contributed by atoms with Crippen LogP contribution in [0.3, 0.4) is 0 Å². The van der Waals surface area contributed by atoms with Gasteiger partial charge in [0.1, 0.15) is 5.82 Å². The highest BCUT2D eigenvalue weighted by atomic mass is 127. The second-order valence-electron chi connectivity index (χ2n) is 2.34. The van der Waals surface area contributed by atoms with Gasteiger partial charge >= 0.3 is 5.97 Å². The summed E-state index contributed by atoms with van der Waals surface area (Å²) in [5, 5.41) is 8.54. The Morgan fingerprint density at radius 3 is 2.67 bits per heavy atom. The third kappa shape index (κ3) is 1.57. The standard InChI is InChI=1S/C8H6FIO2/c1-4-6(10)3-2-5(7(4)9)8(11)12/h2-3H,1H3,(H,11,12). The predicted molar refractivity (Wildman–Crippen MR) is 50.8 cm³/mol. The lowest BCUT2D eigenvalue weighted by molar-refractivity contribution is 0.0691. The zero-order chi connectivity index (χ0) is 9.30. The van der Waals surface area contributed by atoms with Gasteiger partial charge in [0.2, 0.25) is 0 Å². The van der Waals surface area contributed by atoms with Crippen molar-refractivity contribution in [3.63, 3.8) is 0 Å². The molecule has 1 N–H and O–H groups in total. The molecule has 0 radical (unpaired) electrons. The number of carbonyl (C=O) groups is 1. The number of hydrogen-bond acceptors (Lipinski definition) is 1. The van der Waals surface area contributed by atoms with E-state index in [0.29, 0.717) is 5.56 Å². The minimum absolute atomic E-state index is 0.270. The van der Waals surface area contributed by atoms with Crippen LogP contribution >= 0.6 is 22.6 Å². The predicted octanol–water partition coefficient (Wildman–Crippen LogP) is 2.44. The summed E-state index contributed by atoms with van der Waals surface area (Å²) in [7, 11) is 0. The second kappa shape index (κ2) is 3.38. The quantitative estimate of drug-likeness (QED) is 0.802. The van der Waals surface area contributed by atoms with E-state index in [1.807, 2.05) is 22.6 Å². The van der Waals surface area contributed by atoms with Crippen LogP contribution in [0.4, 0.5) is 4.39 Å². The molecule has 0 aliphatic rings. The van der Waals surface area contributed by atoms with Gasteiger partial charge in [-0.1, -0.05) is 0 Å². The van der Waals surface area contributed by atoms with Gasteiger partial charge in [0, 0.05) is 3.57 Å². The fourth-order valence-electron chi connectivity index (χ4n) is 0.827. The Labute approximate surface area is 82.5 Å². The molecule has 2 nitrogen and oxygen atoms in total. The number of aromatic carboxylic acids is 1. The van der Waals surface area contributed by atoms with Crippen LogP contribution in [-0.2, 0) is 0 Å². The summed E-state index contributed by atoms with van der Waals surface area (Å²) in [6, 6.07) is 2.86. The summed E-state index contributed by atoms with van der Waals surface area (Å²) in [5.41, 5.74) is 0.114. The van der Waals surface area contributed by atoms with Gasteiger partial charge in [-0.3, -0.25) is 0 Å². The van der Waals surface area contributed by atoms with E-state index in [-0.39, 0.29) is 5.56 Å². The maximum Gasteiger partial charge on any atom is 0.338 e. The summed E-state index contributed by atoms with van der Waals surface area (Å²) in [6.07, 6.45) is 0. The number of carboxylic acid groups (broad SMARTS) is 1. The highest BCUT2D eigenvalue weighted by Gasteiger charge is 2.13. The SMILES string of the molecule is Cc1c(I)ccc(C(=O)O)c1F. The minimum atomic E-state index is -1.23. The van der Waals surface area contributed by atoms with Crippen molar-refractivity contribution in [2.24, 2.45) is 0 Å². The molecule has 1 aromatic rings. The Bertz CT molecular complexity index is 336. The van der Waals surface area contributed by atoms with Crippen LogP contribution in [0.25, 0.3) is 0 Å². The smallest absolute Gasteiger partial charge is 0.338 e. The van der Waals surface area contributed by atoms with Gasteiger partial charge in [-0.05, 0) is 47.2 Å². The molecule has 0 saturated heterocycles. The molecule has 0 saturated carbocycles. The molecule has 1 aromatic carbocycles. The van der Waals surface area contributed by atoms with Crippen LogP contribution in [0, 0.1) is 16.3 Å². The van der Waals surface area contributed by atoms with Crippen LogP contribution in [0.1, 0.15) is 15.9 Å². The Balaban J connectivity index is 3.36. The van der Waals surface area contributed by atoms with Gasteiger partial charge in [0.05, 0.1) is 5.56 Å². The lowest BCUT2D eigenvalue weighted by Gasteiger charge is -2.02. The van der Waals surface area contributed by atoms with E-state index in [2.05, 4.69) is 0 Å². The van der Waals surface area contributed by atoms with Crippen molar-refractivity contribution in [3.05, 3.63) is 32.6 Å². The lowest BCUT2D eigenvalue weighted by atomic mass is 10.1. The van der Waals surface area contributed by atoms with E-state index in [0.717, 1.165) is 3.57 Å². The third-order valence-corrected chi connectivity index (χ3v) is 2.72. The molecule has 0 bridgehead atoms. The molecular formula is C8H6FIO2. The van der Waals surface area contributed by atoms with Crippen molar-refractivity contribution < 1.29 is 14.3 Å². The lowest BCUT2D eigenvalue weighted by Crippen LogP contribution is -2.02. The van der Waals surface area contributed by atoms with E-state index >= 15 is 0 Å². The van der Waals surface area contributed by atoms with E-state index < -0.39 is 11.8 Å². The van der Waals surface area contributed by atoms with Crippen LogP contribution < -0.4 is 0 Å². The van der Waals surface area contributed by atoms with E-state index in [4.69, 9.17) is 5.11 Å². The van der Waals surface area contributed by atoms with Crippen molar-refractivity contribution in [3.8, 4) is 0 Å². The highest BCUT2D eigenvalue weighted by Crippen LogP contribution is 2.18. The average molecular weight is 280 g/mol. The average Bonchev–Trinajstić information content (AvgIpc) is 2.00. The first-order valence-electron chi connectivity index (χ1n) is 3.22. The van der Waals surface area contributed by atoms with E-state index in [9.17, 15) is 9.18 Å². The molecule has 64 valence electrons. The Kier molecular flexibility index (Phi) is 2.66. The highest BCUT2D eigenvalue weighted by molar-refractivity contribution is 14.1. The van der Waals surface area contributed by atoms with Gasteiger partial charge < -0.3 is 5.11 Å². The summed E-state index contributed by atoms with van der Waals surface area (Å²) < 4.78 is 13.9. The topological polar surface area (TPSA) is 37.3 Å². The maximum atomic E-state index is 13.1. The number of carboxylic acids is 1. The summed E-state index contributed by atoms with van der Waals surface area (Å²) in [6.45, 7) is 1.56. The van der Waals surface area contributed by atoms with Gasteiger partial charge in [-0.25, -0.2) is 9.18 Å². The molecular weight excluding hydrogens is 274 g/mol. The molecule has 0 aliphatic carbocycles. The molecule has 4 heteroatoms. The van der Waals surface area contributed by atoms with Gasteiger partial charge in [0.15, 0.2) is 0 Å². The molecule has 0 fully saturated rings. The monoisotopic (exact) mass is 280 g/mol. The molecule has 0 unspecified atom stereocenters. The van der Waals surface area contributed by atoms with Crippen molar-refractivity contribution in [1.82, 2.24) is 0 Å². The molecule has 0 amide bonds. The molecule has 0 aromatic heterocycles. The van der Waals surface area contributed by atoms with Crippen molar-refractivity contribution in [2.75, 3.05) is 0 Å². The maximum absolute atomic E-state index is 13.1. The van der Waals surface area contributed by atoms with Crippen LogP contribution in [-0.4, -0.2) is 11.1 Å². The Hall–Kier alpha value is -0.650. The fraction of sp³-hybridized carbons (Fsp3) is 0.125. The summed E-state index contributed by atoms with van der Waals surface area (Å²) in [4.78, 5) is 10.4. The number of rotatable bonds is 1. The van der Waals surface area contributed by atoms with E-state index in [1.165, 1.54) is 6.07 Å². The van der Waals surface area contributed by atoms with E-state index in [1.54, 1.807) is 13.0 Å². The van der Waals surface area contributed by atoms with Crippen molar-refractivity contribution in [1.29, 1.82) is 0 Å². The van der Waals surface area contributed by atoms with Crippen molar-refractivity contribution >= 4 is 28.6 Å². The molecule has 1 rings (SSSR count). The fourth-order valence-corrected chi connectivity index (χ4v) is 1.24. The largest absolute Gasteiger partial charge is 0.478 e. The van der Waals surface area contributed by atoms with Crippen LogP contribution in [0.15, 0.2) is 12.1 Å². The van der Waals surface area contributed by atoms with Gasteiger partial charge in [0.25, 0.3) is 0 Å². The van der Waals surface area contributed by atoms with Crippen LogP contribution in [0.2, 0.25) is 0 Å². The third-order valence-electron chi connectivity index (χ3n) is 1.55. The molecule has 12 heavy (non-hydrogen) atoms. The molecule has 0 aliphatic heterocycles.